The molecule has 0 saturated carbocycles. The average Bonchev–Trinajstić information content (AvgIpc) is 3.02. The van der Waals surface area contributed by atoms with Crippen molar-refractivity contribution in [2.45, 2.75) is 0 Å². The van der Waals surface area contributed by atoms with E-state index in [-0.39, 0.29) is 17.4 Å². The first kappa shape index (κ1) is 11.8. The number of hydrogen-bond acceptors (Lipinski definition) is 4. The zero-order valence-corrected chi connectivity index (χ0v) is 10.5. The summed E-state index contributed by atoms with van der Waals surface area (Å²) in [4.78, 5) is 15.8. The van der Waals surface area contributed by atoms with Crippen LogP contribution in [-0.2, 0) is 9.53 Å². The maximum absolute atomic E-state index is 12.8. The van der Waals surface area contributed by atoms with Crippen molar-refractivity contribution in [3.8, 4) is 0 Å². The van der Waals surface area contributed by atoms with Gasteiger partial charge in [-0.25, -0.2) is 14.2 Å². The minimum Gasteiger partial charge on any atom is -0.402 e. The number of halogens is 1. The third-order valence-electron chi connectivity index (χ3n) is 2.56. The lowest BCUT2D eigenvalue weighted by Crippen LogP contribution is -2.05. The minimum atomic E-state index is -0.495. The molecule has 0 unspecified atom stereocenters. The summed E-state index contributed by atoms with van der Waals surface area (Å²) < 4.78 is 17.9. The summed E-state index contributed by atoms with van der Waals surface area (Å²) in [7, 11) is 0. The number of nitrogens with zero attached hydrogens (tertiary/aromatic N) is 1. The van der Waals surface area contributed by atoms with Crippen molar-refractivity contribution in [2.75, 3.05) is 0 Å². The van der Waals surface area contributed by atoms with E-state index in [1.54, 1.807) is 6.08 Å². The molecule has 94 valence electrons. The Balaban J connectivity index is 1.93. The quantitative estimate of drug-likeness (QED) is 0.622. The summed E-state index contributed by atoms with van der Waals surface area (Å²) in [6.45, 7) is 0. The van der Waals surface area contributed by atoms with Crippen molar-refractivity contribution >= 4 is 29.3 Å². The van der Waals surface area contributed by atoms with Gasteiger partial charge in [-0.2, -0.15) is 11.3 Å². The highest BCUT2D eigenvalue weighted by Crippen LogP contribution is 2.20. The molecule has 3 nitrogen and oxygen atoms in total. The van der Waals surface area contributed by atoms with E-state index >= 15 is 0 Å². The maximum Gasteiger partial charge on any atom is 0.363 e. The zero-order chi connectivity index (χ0) is 13.2. The highest BCUT2D eigenvalue weighted by molar-refractivity contribution is 7.08. The Hall–Kier alpha value is -2.27. The summed E-state index contributed by atoms with van der Waals surface area (Å²) in [5, 5.41) is 3.82. The molecule has 0 fully saturated rings. The van der Waals surface area contributed by atoms with Gasteiger partial charge in [-0.3, -0.25) is 0 Å². The van der Waals surface area contributed by atoms with Crippen molar-refractivity contribution in [3.05, 3.63) is 63.7 Å². The van der Waals surface area contributed by atoms with E-state index in [2.05, 4.69) is 4.99 Å². The maximum atomic E-state index is 12.8. The topological polar surface area (TPSA) is 38.7 Å². The van der Waals surface area contributed by atoms with Gasteiger partial charge in [0.15, 0.2) is 5.70 Å². The summed E-state index contributed by atoms with van der Waals surface area (Å²) >= 11 is 1.54. The van der Waals surface area contributed by atoms with Crippen LogP contribution in [0.15, 0.2) is 51.8 Å². The molecule has 1 aliphatic heterocycles. The van der Waals surface area contributed by atoms with E-state index in [0.29, 0.717) is 5.56 Å². The van der Waals surface area contributed by atoms with Crippen LogP contribution in [0.25, 0.3) is 6.08 Å². The van der Waals surface area contributed by atoms with Crippen LogP contribution in [0.3, 0.4) is 0 Å². The van der Waals surface area contributed by atoms with Crippen molar-refractivity contribution in [2.24, 2.45) is 4.99 Å². The molecule has 5 heteroatoms. The van der Waals surface area contributed by atoms with Crippen LogP contribution in [0.1, 0.15) is 11.1 Å². The number of ether oxygens (including phenoxy) is 1. The van der Waals surface area contributed by atoms with Crippen molar-refractivity contribution in [3.63, 3.8) is 0 Å². The van der Waals surface area contributed by atoms with Crippen molar-refractivity contribution in [1.82, 2.24) is 0 Å². The minimum absolute atomic E-state index is 0.200. The number of benzene rings is 1. The molecule has 2 aromatic rings. The number of thiophene rings is 1. The first-order chi connectivity index (χ1) is 9.22. The van der Waals surface area contributed by atoms with Crippen LogP contribution in [0, 0.1) is 5.82 Å². The average molecular weight is 273 g/mol. The molecule has 0 saturated heterocycles. The second kappa shape index (κ2) is 4.78. The van der Waals surface area contributed by atoms with Gasteiger partial charge in [0.1, 0.15) is 5.82 Å². The Morgan fingerprint density at radius 3 is 2.68 bits per heavy atom. The molecule has 1 aliphatic rings. The van der Waals surface area contributed by atoms with Gasteiger partial charge in [-0.1, -0.05) is 0 Å². The Morgan fingerprint density at radius 2 is 2.00 bits per heavy atom. The fourth-order valence-electron chi connectivity index (χ4n) is 1.64. The number of carbonyl (C=O) groups is 1. The molecule has 3 rings (SSSR count). The van der Waals surface area contributed by atoms with Crippen LogP contribution in [0.5, 0.6) is 0 Å². The number of cyclic esters (lactones) is 1. The molecule has 1 aromatic heterocycles. The van der Waals surface area contributed by atoms with Gasteiger partial charge in [-0.05, 0) is 52.7 Å². The number of carbonyl (C=O) groups excluding carboxylic acids is 1. The van der Waals surface area contributed by atoms with Crippen molar-refractivity contribution < 1.29 is 13.9 Å². The SMILES string of the molecule is O=C1OC(c2ccc(F)cc2)=N/C1=C/c1ccsc1. The second-order valence-electron chi connectivity index (χ2n) is 3.90. The number of esters is 1. The van der Waals surface area contributed by atoms with Gasteiger partial charge >= 0.3 is 5.97 Å². The molecular weight excluding hydrogens is 265 g/mol. The molecule has 0 atom stereocenters. The van der Waals surface area contributed by atoms with Gasteiger partial charge in [0, 0.05) is 5.56 Å². The van der Waals surface area contributed by atoms with Crippen LogP contribution >= 0.6 is 11.3 Å². The molecule has 0 N–H and O–H groups in total. The van der Waals surface area contributed by atoms with Crippen LogP contribution in [0.2, 0.25) is 0 Å². The summed E-state index contributed by atoms with van der Waals surface area (Å²) in [6.07, 6.45) is 1.66. The lowest BCUT2D eigenvalue weighted by molar-refractivity contribution is -0.129. The Morgan fingerprint density at radius 1 is 1.21 bits per heavy atom. The largest absolute Gasteiger partial charge is 0.402 e. The molecule has 0 spiro atoms. The van der Waals surface area contributed by atoms with E-state index in [1.807, 2.05) is 16.8 Å². The number of aliphatic imine (C=N–C) groups is 1. The monoisotopic (exact) mass is 273 g/mol. The Bertz CT molecular complexity index is 672. The molecule has 0 amide bonds. The Labute approximate surface area is 112 Å². The fourth-order valence-corrected chi connectivity index (χ4v) is 2.26. The summed E-state index contributed by atoms with van der Waals surface area (Å²) in [6, 6.07) is 7.53. The third-order valence-corrected chi connectivity index (χ3v) is 3.26. The summed E-state index contributed by atoms with van der Waals surface area (Å²) in [5.74, 6) is -0.639. The molecule has 2 heterocycles. The smallest absolute Gasteiger partial charge is 0.363 e. The van der Waals surface area contributed by atoms with E-state index < -0.39 is 5.97 Å². The highest BCUT2D eigenvalue weighted by Gasteiger charge is 2.24. The zero-order valence-electron chi connectivity index (χ0n) is 9.67. The predicted octanol–water partition coefficient (Wildman–Crippen LogP) is 3.23. The normalized spacial score (nSPS) is 16.6. The standard InChI is InChI=1S/C14H8FNO2S/c15-11-3-1-10(2-4-11)13-16-12(14(17)18-13)7-9-5-6-19-8-9/h1-8H/b12-7+. The van der Waals surface area contributed by atoms with E-state index in [1.165, 1.54) is 35.6 Å². The number of hydrogen-bond donors (Lipinski definition) is 0. The van der Waals surface area contributed by atoms with Gasteiger partial charge in [0.25, 0.3) is 0 Å². The molecule has 0 bridgehead atoms. The van der Waals surface area contributed by atoms with Crippen LogP contribution < -0.4 is 0 Å². The van der Waals surface area contributed by atoms with Gasteiger partial charge in [-0.15, -0.1) is 0 Å². The lowest BCUT2D eigenvalue weighted by Gasteiger charge is -1.98. The van der Waals surface area contributed by atoms with Gasteiger partial charge in [0.2, 0.25) is 5.90 Å². The van der Waals surface area contributed by atoms with Crippen LogP contribution in [-0.4, -0.2) is 11.9 Å². The third kappa shape index (κ3) is 2.46. The molecular formula is C14H8FNO2S. The van der Waals surface area contributed by atoms with Crippen molar-refractivity contribution in [1.29, 1.82) is 0 Å². The van der Waals surface area contributed by atoms with E-state index in [9.17, 15) is 9.18 Å². The number of rotatable bonds is 2. The predicted molar refractivity (Wildman–Crippen MR) is 71.3 cm³/mol. The molecule has 19 heavy (non-hydrogen) atoms. The van der Waals surface area contributed by atoms with E-state index in [0.717, 1.165) is 5.56 Å². The van der Waals surface area contributed by atoms with Crippen LogP contribution in [0.4, 0.5) is 4.39 Å². The second-order valence-corrected chi connectivity index (χ2v) is 4.68. The first-order valence-electron chi connectivity index (χ1n) is 5.53. The first-order valence-corrected chi connectivity index (χ1v) is 6.47. The molecule has 0 aliphatic carbocycles. The molecule has 1 aromatic carbocycles. The summed E-state index contributed by atoms with van der Waals surface area (Å²) in [5.41, 5.74) is 1.72. The van der Waals surface area contributed by atoms with Gasteiger partial charge < -0.3 is 4.74 Å². The van der Waals surface area contributed by atoms with E-state index in [4.69, 9.17) is 4.74 Å². The van der Waals surface area contributed by atoms with Gasteiger partial charge in [0.05, 0.1) is 0 Å². The fraction of sp³-hybridized carbons (Fsp3) is 0. The Kier molecular flexibility index (Phi) is 2.97. The lowest BCUT2D eigenvalue weighted by atomic mass is 10.2. The highest BCUT2D eigenvalue weighted by atomic mass is 32.1. The molecule has 0 radical (unpaired) electrons.